The predicted molar refractivity (Wildman–Crippen MR) is 75.3 cm³/mol. The van der Waals surface area contributed by atoms with Gasteiger partial charge >= 0.3 is 0 Å². The molecule has 1 aliphatic carbocycles. The largest absolute Gasteiger partial charge is 0.381 e. The summed E-state index contributed by atoms with van der Waals surface area (Å²) in [6, 6.07) is 1.76. The van der Waals surface area contributed by atoms with E-state index in [0.29, 0.717) is 16.3 Å². The molecule has 1 aromatic rings. The van der Waals surface area contributed by atoms with Gasteiger partial charge in [-0.25, -0.2) is 4.98 Å². The Morgan fingerprint density at radius 3 is 3.00 bits per heavy atom. The molecule has 19 heavy (non-hydrogen) atoms. The second kappa shape index (κ2) is 6.29. The normalized spacial score (nSPS) is 23.1. The van der Waals surface area contributed by atoms with Crippen molar-refractivity contribution < 1.29 is 9.66 Å². The van der Waals surface area contributed by atoms with Gasteiger partial charge in [-0.1, -0.05) is 0 Å². The highest BCUT2D eigenvalue weighted by molar-refractivity contribution is 9.10. The minimum absolute atomic E-state index is 0.0177. The molecule has 6 nitrogen and oxygen atoms in total. The van der Waals surface area contributed by atoms with Crippen LogP contribution in [0.15, 0.2) is 16.7 Å². The lowest BCUT2D eigenvalue weighted by molar-refractivity contribution is -0.385. The number of anilines is 1. The second-order valence-corrected chi connectivity index (χ2v) is 5.50. The fourth-order valence-corrected chi connectivity index (χ4v) is 2.77. The van der Waals surface area contributed by atoms with E-state index in [9.17, 15) is 10.1 Å². The van der Waals surface area contributed by atoms with Crippen LogP contribution in [0.4, 0.5) is 11.5 Å². The van der Waals surface area contributed by atoms with E-state index >= 15 is 0 Å². The zero-order chi connectivity index (χ0) is 13.8. The Morgan fingerprint density at radius 2 is 2.37 bits per heavy atom. The van der Waals surface area contributed by atoms with Crippen molar-refractivity contribution in [3.05, 3.63) is 26.9 Å². The SMILES string of the molecule is COC1CCCC(Nc2ncc([N+](=O)[O-])cc2Br)C1. The number of nitrogens with zero attached hydrogens (tertiary/aromatic N) is 2. The molecule has 1 aliphatic rings. The molecule has 0 aromatic carbocycles. The molecular formula is C12H16BrN3O3. The fraction of sp³-hybridized carbons (Fsp3) is 0.583. The van der Waals surface area contributed by atoms with Gasteiger partial charge in [0.2, 0.25) is 0 Å². The van der Waals surface area contributed by atoms with Crippen LogP contribution in [0.3, 0.4) is 0 Å². The van der Waals surface area contributed by atoms with E-state index in [1.165, 1.54) is 12.3 Å². The molecule has 2 atom stereocenters. The second-order valence-electron chi connectivity index (χ2n) is 4.65. The minimum Gasteiger partial charge on any atom is -0.381 e. The monoisotopic (exact) mass is 329 g/mol. The van der Waals surface area contributed by atoms with Gasteiger partial charge in [0.25, 0.3) is 5.69 Å². The fourth-order valence-electron chi connectivity index (χ4n) is 2.32. The quantitative estimate of drug-likeness (QED) is 0.678. The summed E-state index contributed by atoms with van der Waals surface area (Å²) in [7, 11) is 1.73. The summed E-state index contributed by atoms with van der Waals surface area (Å²) >= 11 is 3.31. The molecule has 1 fully saturated rings. The van der Waals surface area contributed by atoms with Crippen molar-refractivity contribution in [1.29, 1.82) is 0 Å². The molecule has 104 valence electrons. The van der Waals surface area contributed by atoms with E-state index in [-0.39, 0.29) is 11.8 Å². The van der Waals surface area contributed by atoms with Crippen LogP contribution in [0.2, 0.25) is 0 Å². The molecule has 7 heteroatoms. The van der Waals surface area contributed by atoms with Crippen molar-refractivity contribution in [2.75, 3.05) is 12.4 Å². The topological polar surface area (TPSA) is 77.3 Å². The molecule has 0 saturated heterocycles. The van der Waals surface area contributed by atoms with E-state index in [1.54, 1.807) is 7.11 Å². The Bertz CT molecular complexity index is 470. The smallest absolute Gasteiger partial charge is 0.288 e. The predicted octanol–water partition coefficient (Wildman–Crippen LogP) is 3.12. The van der Waals surface area contributed by atoms with Gasteiger partial charge in [-0.3, -0.25) is 10.1 Å². The van der Waals surface area contributed by atoms with Gasteiger partial charge < -0.3 is 10.1 Å². The summed E-state index contributed by atoms with van der Waals surface area (Å²) in [6.45, 7) is 0. The van der Waals surface area contributed by atoms with Gasteiger partial charge in [-0.05, 0) is 41.6 Å². The first-order valence-corrected chi connectivity index (χ1v) is 6.98. The maximum absolute atomic E-state index is 10.6. The lowest BCUT2D eigenvalue weighted by atomic mass is 9.93. The first kappa shape index (κ1) is 14.2. The third-order valence-corrected chi connectivity index (χ3v) is 3.94. The van der Waals surface area contributed by atoms with E-state index in [2.05, 4.69) is 26.2 Å². The van der Waals surface area contributed by atoms with Gasteiger partial charge in [-0.2, -0.15) is 0 Å². The Balaban J connectivity index is 2.04. The van der Waals surface area contributed by atoms with Gasteiger partial charge in [0.1, 0.15) is 12.0 Å². The maximum Gasteiger partial charge on any atom is 0.288 e. The zero-order valence-corrected chi connectivity index (χ0v) is 12.2. The molecule has 2 unspecified atom stereocenters. The van der Waals surface area contributed by atoms with Crippen molar-refractivity contribution in [3.63, 3.8) is 0 Å². The number of hydrogen-bond acceptors (Lipinski definition) is 5. The Morgan fingerprint density at radius 1 is 1.58 bits per heavy atom. The van der Waals surface area contributed by atoms with E-state index in [1.807, 2.05) is 0 Å². The van der Waals surface area contributed by atoms with Gasteiger partial charge in [0, 0.05) is 19.2 Å². The van der Waals surface area contributed by atoms with Crippen molar-refractivity contribution in [1.82, 2.24) is 4.98 Å². The summed E-state index contributed by atoms with van der Waals surface area (Å²) in [5, 5.41) is 14.0. The summed E-state index contributed by atoms with van der Waals surface area (Å²) in [5.74, 6) is 0.646. The highest BCUT2D eigenvalue weighted by Crippen LogP contribution is 2.28. The van der Waals surface area contributed by atoms with Gasteiger partial charge in [0.05, 0.1) is 15.5 Å². The molecule has 0 spiro atoms. The Labute approximate surface area is 119 Å². The van der Waals surface area contributed by atoms with Gasteiger partial charge in [0.15, 0.2) is 0 Å². The average molecular weight is 330 g/mol. The van der Waals surface area contributed by atoms with Gasteiger partial charge in [-0.15, -0.1) is 0 Å². The van der Waals surface area contributed by atoms with Crippen molar-refractivity contribution >= 4 is 27.4 Å². The summed E-state index contributed by atoms with van der Waals surface area (Å²) in [4.78, 5) is 14.3. The number of halogens is 1. The van der Waals surface area contributed by atoms with E-state index in [4.69, 9.17) is 4.74 Å². The highest BCUT2D eigenvalue weighted by atomic mass is 79.9. The zero-order valence-electron chi connectivity index (χ0n) is 10.6. The standard InChI is InChI=1S/C12H16BrN3O3/c1-19-10-4-2-3-8(5-10)15-12-11(13)6-9(7-14-12)16(17)18/h6-8,10H,2-5H2,1H3,(H,14,15). The number of aromatic nitrogens is 1. The summed E-state index contributed by atoms with van der Waals surface area (Å²) in [5.41, 5.74) is -0.0177. The van der Waals surface area contributed by atoms with E-state index in [0.717, 1.165) is 25.7 Å². The van der Waals surface area contributed by atoms with Crippen LogP contribution in [0.1, 0.15) is 25.7 Å². The third-order valence-electron chi connectivity index (χ3n) is 3.34. The van der Waals surface area contributed by atoms with Crippen LogP contribution in [0.5, 0.6) is 0 Å². The summed E-state index contributed by atoms with van der Waals surface area (Å²) in [6.07, 6.45) is 5.74. The Hall–Kier alpha value is -1.21. The number of methoxy groups -OCH3 is 1. The van der Waals surface area contributed by atoms with Crippen LogP contribution >= 0.6 is 15.9 Å². The summed E-state index contributed by atoms with van der Waals surface area (Å²) < 4.78 is 5.99. The first-order valence-electron chi connectivity index (χ1n) is 6.19. The number of nitro groups is 1. The number of hydrogen-bond donors (Lipinski definition) is 1. The van der Waals surface area contributed by atoms with Crippen LogP contribution < -0.4 is 5.32 Å². The van der Waals surface area contributed by atoms with Crippen LogP contribution in [-0.2, 0) is 4.74 Å². The van der Waals surface area contributed by atoms with E-state index < -0.39 is 4.92 Å². The minimum atomic E-state index is -0.455. The number of pyridine rings is 1. The number of ether oxygens (including phenoxy) is 1. The molecule has 1 saturated carbocycles. The molecule has 0 amide bonds. The third kappa shape index (κ3) is 3.63. The van der Waals surface area contributed by atoms with Crippen molar-refractivity contribution in [2.24, 2.45) is 0 Å². The molecule has 1 N–H and O–H groups in total. The molecule has 1 heterocycles. The number of rotatable bonds is 4. The highest BCUT2D eigenvalue weighted by Gasteiger charge is 2.22. The molecule has 0 bridgehead atoms. The van der Waals surface area contributed by atoms with Crippen molar-refractivity contribution in [3.8, 4) is 0 Å². The van der Waals surface area contributed by atoms with Crippen LogP contribution in [0.25, 0.3) is 0 Å². The average Bonchev–Trinajstić information content (AvgIpc) is 2.41. The molecule has 1 aromatic heterocycles. The van der Waals surface area contributed by atoms with Crippen LogP contribution in [0, 0.1) is 10.1 Å². The lowest BCUT2D eigenvalue weighted by Gasteiger charge is -2.29. The molecule has 0 aliphatic heterocycles. The Kier molecular flexibility index (Phi) is 4.71. The molecular weight excluding hydrogens is 314 g/mol. The lowest BCUT2D eigenvalue weighted by Crippen LogP contribution is -2.31. The first-order chi connectivity index (χ1) is 9.10. The maximum atomic E-state index is 10.6. The number of nitrogens with one attached hydrogen (secondary N) is 1. The molecule has 2 rings (SSSR count). The van der Waals surface area contributed by atoms with Crippen LogP contribution in [-0.4, -0.2) is 29.2 Å². The molecule has 0 radical (unpaired) electrons. The van der Waals surface area contributed by atoms with Crippen molar-refractivity contribution in [2.45, 2.75) is 37.8 Å².